The minimum Gasteiger partial charge on any atom is -0.481 e. The van der Waals surface area contributed by atoms with Gasteiger partial charge in [-0.1, -0.05) is 0 Å². The van der Waals surface area contributed by atoms with E-state index in [0.717, 1.165) is 0 Å². The van der Waals surface area contributed by atoms with E-state index in [0.29, 0.717) is 23.3 Å². The van der Waals surface area contributed by atoms with Crippen LogP contribution >= 0.6 is 0 Å². The second-order valence-corrected chi connectivity index (χ2v) is 4.41. The van der Waals surface area contributed by atoms with Gasteiger partial charge in [0.2, 0.25) is 11.8 Å². The van der Waals surface area contributed by atoms with Crippen molar-refractivity contribution in [3.8, 4) is 29.3 Å². The quantitative estimate of drug-likeness (QED) is 0.828. The van der Waals surface area contributed by atoms with Gasteiger partial charge in [0.1, 0.15) is 11.5 Å². The molecular formula is C15H16N2O6. The fourth-order valence-electron chi connectivity index (χ4n) is 1.58. The van der Waals surface area contributed by atoms with Gasteiger partial charge in [-0.15, -0.1) is 0 Å². The summed E-state index contributed by atoms with van der Waals surface area (Å²) in [6.45, 7) is 1.45. The molecule has 0 saturated carbocycles. The standard InChI is InChI=1S/C15H16N2O6/c1-9(14(18)19)22-10-4-6-11(7-5-10)23-15-16-12(20-2)8-13(17-15)21-3/h4-9H,1-3H3,(H,18,19)/t9-/m1/s1. The third-order valence-corrected chi connectivity index (χ3v) is 2.77. The number of rotatable bonds is 7. The molecule has 0 unspecified atom stereocenters. The molecule has 2 aromatic rings. The fraction of sp³-hybridized carbons (Fsp3) is 0.267. The number of carboxylic acid groups (broad SMARTS) is 1. The molecule has 0 saturated heterocycles. The monoisotopic (exact) mass is 320 g/mol. The normalized spacial score (nSPS) is 11.4. The smallest absolute Gasteiger partial charge is 0.344 e. The highest BCUT2D eigenvalue weighted by Gasteiger charge is 2.12. The summed E-state index contributed by atoms with van der Waals surface area (Å²) in [4.78, 5) is 18.8. The number of methoxy groups -OCH3 is 2. The molecule has 0 fully saturated rings. The number of benzene rings is 1. The van der Waals surface area contributed by atoms with Crippen molar-refractivity contribution in [2.24, 2.45) is 0 Å². The number of hydrogen-bond acceptors (Lipinski definition) is 7. The second-order valence-electron chi connectivity index (χ2n) is 4.41. The van der Waals surface area contributed by atoms with Crippen LogP contribution in [0.15, 0.2) is 30.3 Å². The minimum absolute atomic E-state index is 0.0637. The van der Waals surface area contributed by atoms with Crippen LogP contribution in [0.25, 0.3) is 0 Å². The topological polar surface area (TPSA) is 100 Å². The van der Waals surface area contributed by atoms with Gasteiger partial charge in [0.15, 0.2) is 6.10 Å². The highest BCUT2D eigenvalue weighted by molar-refractivity contribution is 5.72. The molecule has 1 aromatic carbocycles. The highest BCUT2D eigenvalue weighted by atomic mass is 16.5. The van der Waals surface area contributed by atoms with E-state index < -0.39 is 12.1 Å². The largest absolute Gasteiger partial charge is 0.481 e. The van der Waals surface area contributed by atoms with Crippen molar-refractivity contribution in [1.82, 2.24) is 9.97 Å². The van der Waals surface area contributed by atoms with Gasteiger partial charge in [-0.05, 0) is 31.2 Å². The first-order valence-electron chi connectivity index (χ1n) is 6.66. The number of ether oxygens (including phenoxy) is 4. The zero-order chi connectivity index (χ0) is 16.8. The third-order valence-electron chi connectivity index (χ3n) is 2.77. The molecule has 0 amide bonds. The van der Waals surface area contributed by atoms with Gasteiger partial charge < -0.3 is 24.1 Å². The van der Waals surface area contributed by atoms with Gasteiger partial charge in [0.05, 0.1) is 20.3 Å². The van der Waals surface area contributed by atoms with Gasteiger partial charge in [-0.25, -0.2) is 4.79 Å². The zero-order valence-electron chi connectivity index (χ0n) is 12.8. The van der Waals surface area contributed by atoms with Crippen LogP contribution < -0.4 is 18.9 Å². The number of aliphatic carboxylic acids is 1. The molecule has 122 valence electrons. The number of nitrogens with zero attached hydrogens (tertiary/aromatic N) is 2. The summed E-state index contributed by atoms with van der Waals surface area (Å²) in [5.74, 6) is 0.443. The molecule has 0 aliphatic carbocycles. The van der Waals surface area contributed by atoms with Crippen LogP contribution in [0.1, 0.15) is 6.92 Å². The van der Waals surface area contributed by atoms with Gasteiger partial charge in [0.25, 0.3) is 0 Å². The lowest BCUT2D eigenvalue weighted by molar-refractivity contribution is -0.144. The Balaban J connectivity index is 2.10. The molecule has 0 bridgehead atoms. The summed E-state index contributed by atoms with van der Waals surface area (Å²) in [6.07, 6.45) is -0.937. The van der Waals surface area contributed by atoms with Crippen LogP contribution in [-0.4, -0.2) is 41.4 Å². The first kappa shape index (κ1) is 16.3. The van der Waals surface area contributed by atoms with Crippen molar-refractivity contribution >= 4 is 5.97 Å². The van der Waals surface area contributed by atoms with Crippen LogP contribution in [0.4, 0.5) is 0 Å². The van der Waals surface area contributed by atoms with Crippen molar-refractivity contribution in [3.63, 3.8) is 0 Å². The van der Waals surface area contributed by atoms with Crippen molar-refractivity contribution in [1.29, 1.82) is 0 Å². The molecule has 23 heavy (non-hydrogen) atoms. The van der Waals surface area contributed by atoms with Crippen molar-refractivity contribution < 1.29 is 28.8 Å². The Morgan fingerprint density at radius 3 is 2.04 bits per heavy atom. The molecule has 8 nitrogen and oxygen atoms in total. The fourth-order valence-corrected chi connectivity index (χ4v) is 1.58. The summed E-state index contributed by atoms with van der Waals surface area (Å²) in [7, 11) is 2.95. The van der Waals surface area contributed by atoms with Gasteiger partial charge >= 0.3 is 12.0 Å². The van der Waals surface area contributed by atoms with Crippen molar-refractivity contribution in [2.45, 2.75) is 13.0 Å². The Bertz CT molecular complexity index is 652. The predicted octanol–water partition coefficient (Wildman–Crippen LogP) is 2.14. The van der Waals surface area contributed by atoms with Crippen LogP contribution in [0.5, 0.6) is 29.3 Å². The molecule has 0 spiro atoms. The first-order valence-corrected chi connectivity index (χ1v) is 6.66. The van der Waals surface area contributed by atoms with E-state index in [-0.39, 0.29) is 6.01 Å². The third kappa shape index (κ3) is 4.47. The van der Waals surface area contributed by atoms with Crippen LogP contribution in [0, 0.1) is 0 Å². The Hall–Kier alpha value is -3.03. The van der Waals surface area contributed by atoms with Gasteiger partial charge in [0, 0.05) is 0 Å². The maximum absolute atomic E-state index is 10.7. The maximum atomic E-state index is 10.7. The number of carbonyl (C=O) groups is 1. The number of hydrogen-bond donors (Lipinski definition) is 1. The van der Waals surface area contributed by atoms with E-state index in [2.05, 4.69) is 9.97 Å². The first-order chi connectivity index (χ1) is 11.0. The molecule has 1 aromatic heterocycles. The van der Waals surface area contributed by atoms with Crippen LogP contribution in [-0.2, 0) is 4.79 Å². The summed E-state index contributed by atoms with van der Waals surface area (Å²) in [6, 6.07) is 7.99. The zero-order valence-corrected chi connectivity index (χ0v) is 12.8. The average Bonchev–Trinajstić information content (AvgIpc) is 2.56. The lowest BCUT2D eigenvalue weighted by Crippen LogP contribution is -2.22. The molecule has 0 aliphatic rings. The van der Waals surface area contributed by atoms with E-state index in [1.165, 1.54) is 27.2 Å². The number of carboxylic acids is 1. The SMILES string of the molecule is COc1cc(OC)nc(Oc2ccc(O[C@H](C)C(=O)O)cc2)n1. The molecule has 1 atom stereocenters. The van der Waals surface area contributed by atoms with Gasteiger partial charge in [-0.2, -0.15) is 9.97 Å². The predicted molar refractivity (Wildman–Crippen MR) is 79.4 cm³/mol. The molecular weight excluding hydrogens is 304 g/mol. The number of aromatic nitrogens is 2. The summed E-state index contributed by atoms with van der Waals surface area (Å²) in [5.41, 5.74) is 0. The molecule has 2 rings (SSSR count). The van der Waals surface area contributed by atoms with Crippen LogP contribution in [0.3, 0.4) is 0 Å². The molecule has 1 heterocycles. The summed E-state index contributed by atoms with van der Waals surface area (Å²) in [5, 5.41) is 8.80. The van der Waals surface area contributed by atoms with Gasteiger partial charge in [-0.3, -0.25) is 0 Å². The Morgan fingerprint density at radius 2 is 1.57 bits per heavy atom. The van der Waals surface area contributed by atoms with Crippen molar-refractivity contribution in [3.05, 3.63) is 30.3 Å². The van der Waals surface area contributed by atoms with E-state index in [1.54, 1.807) is 24.3 Å². The van der Waals surface area contributed by atoms with E-state index >= 15 is 0 Å². The highest BCUT2D eigenvalue weighted by Crippen LogP contribution is 2.25. The lowest BCUT2D eigenvalue weighted by Gasteiger charge is -2.11. The Labute approximate surface area is 132 Å². The van der Waals surface area contributed by atoms with E-state index in [9.17, 15) is 4.79 Å². The Morgan fingerprint density at radius 1 is 1.04 bits per heavy atom. The lowest BCUT2D eigenvalue weighted by atomic mass is 10.3. The van der Waals surface area contributed by atoms with Crippen LogP contribution in [0.2, 0.25) is 0 Å². The Kier molecular flexibility index (Phi) is 5.19. The maximum Gasteiger partial charge on any atom is 0.344 e. The van der Waals surface area contributed by atoms with E-state index in [4.69, 9.17) is 24.1 Å². The van der Waals surface area contributed by atoms with E-state index in [1.807, 2.05) is 0 Å². The molecule has 1 N–H and O–H groups in total. The summed E-state index contributed by atoms with van der Waals surface area (Å²) < 4.78 is 20.8. The molecule has 0 radical (unpaired) electrons. The average molecular weight is 320 g/mol. The minimum atomic E-state index is -1.04. The summed E-state index contributed by atoms with van der Waals surface area (Å²) >= 11 is 0. The molecule has 8 heteroatoms. The van der Waals surface area contributed by atoms with Crippen molar-refractivity contribution in [2.75, 3.05) is 14.2 Å². The molecule has 0 aliphatic heterocycles. The second kappa shape index (κ2) is 7.30.